The van der Waals surface area contributed by atoms with Gasteiger partial charge in [-0.2, -0.15) is 0 Å². The maximum absolute atomic E-state index is 11.7. The molecule has 8 nitrogen and oxygen atoms in total. The largest absolute Gasteiger partial charge is 0.480 e. The number of rotatable bonds is 6. The van der Waals surface area contributed by atoms with Gasteiger partial charge in [0.1, 0.15) is 6.54 Å². The quantitative estimate of drug-likeness (QED) is 0.645. The first kappa shape index (κ1) is 15.4. The van der Waals surface area contributed by atoms with E-state index in [1.54, 1.807) is 25.5 Å². The molecule has 1 heterocycles. The molecule has 1 rings (SSSR count). The van der Waals surface area contributed by atoms with E-state index in [1.807, 2.05) is 6.07 Å². The van der Waals surface area contributed by atoms with E-state index < -0.39 is 24.5 Å². The van der Waals surface area contributed by atoms with E-state index in [9.17, 15) is 14.4 Å². The van der Waals surface area contributed by atoms with Gasteiger partial charge >= 0.3 is 12.0 Å². The molecule has 0 aliphatic carbocycles. The summed E-state index contributed by atoms with van der Waals surface area (Å²) in [6, 6.07) is 3.16. The van der Waals surface area contributed by atoms with Crippen molar-refractivity contribution in [3.63, 3.8) is 0 Å². The molecule has 1 aromatic heterocycles. The first-order valence-corrected chi connectivity index (χ1v) is 5.85. The highest BCUT2D eigenvalue weighted by molar-refractivity contribution is 5.86. The second-order valence-electron chi connectivity index (χ2n) is 4.05. The minimum Gasteiger partial charge on any atom is -0.480 e. The zero-order valence-corrected chi connectivity index (χ0v) is 11.0. The molecule has 0 atom stereocenters. The van der Waals surface area contributed by atoms with Crippen LogP contribution in [0.15, 0.2) is 24.5 Å². The summed E-state index contributed by atoms with van der Waals surface area (Å²) < 4.78 is 0. The number of amides is 3. The van der Waals surface area contributed by atoms with Crippen LogP contribution in [0.4, 0.5) is 4.79 Å². The van der Waals surface area contributed by atoms with Crippen molar-refractivity contribution in [1.82, 2.24) is 20.5 Å². The Morgan fingerprint density at radius 3 is 2.65 bits per heavy atom. The molecular weight excluding hydrogens is 264 g/mol. The SMILES string of the molecule is CN(Cc1cccnc1)C(=O)NCC(=O)NCC(=O)O. The number of carboxylic acids is 1. The molecule has 0 unspecified atom stereocenters. The van der Waals surface area contributed by atoms with Gasteiger partial charge in [0.05, 0.1) is 6.54 Å². The lowest BCUT2D eigenvalue weighted by atomic mass is 10.3. The second kappa shape index (κ2) is 7.72. The Bertz CT molecular complexity index is 478. The first-order valence-electron chi connectivity index (χ1n) is 5.85. The number of carbonyl (C=O) groups is 3. The van der Waals surface area contributed by atoms with Gasteiger partial charge in [0, 0.05) is 26.0 Å². The van der Waals surface area contributed by atoms with E-state index >= 15 is 0 Å². The highest BCUT2D eigenvalue weighted by atomic mass is 16.4. The molecule has 0 aliphatic heterocycles. The number of nitrogens with zero attached hydrogens (tertiary/aromatic N) is 2. The van der Waals surface area contributed by atoms with Gasteiger partial charge < -0.3 is 20.6 Å². The topological polar surface area (TPSA) is 112 Å². The van der Waals surface area contributed by atoms with Crippen LogP contribution in [-0.4, -0.2) is 53.0 Å². The van der Waals surface area contributed by atoms with Crippen molar-refractivity contribution in [1.29, 1.82) is 0 Å². The average Bonchev–Trinajstić information content (AvgIpc) is 2.43. The van der Waals surface area contributed by atoms with Gasteiger partial charge in [0.2, 0.25) is 5.91 Å². The van der Waals surface area contributed by atoms with Crippen LogP contribution in [0.1, 0.15) is 5.56 Å². The molecule has 0 aromatic carbocycles. The lowest BCUT2D eigenvalue weighted by Gasteiger charge is -2.17. The van der Waals surface area contributed by atoms with Crippen LogP contribution in [-0.2, 0) is 16.1 Å². The molecule has 3 amide bonds. The molecule has 8 heteroatoms. The van der Waals surface area contributed by atoms with Gasteiger partial charge in [-0.3, -0.25) is 14.6 Å². The number of carboxylic acid groups (broad SMARTS) is 1. The smallest absolute Gasteiger partial charge is 0.322 e. The third kappa shape index (κ3) is 5.80. The average molecular weight is 280 g/mol. The van der Waals surface area contributed by atoms with Crippen molar-refractivity contribution < 1.29 is 19.5 Å². The van der Waals surface area contributed by atoms with E-state index in [-0.39, 0.29) is 6.54 Å². The Balaban J connectivity index is 2.31. The molecule has 0 saturated carbocycles. The lowest BCUT2D eigenvalue weighted by molar-refractivity contribution is -0.137. The number of nitrogens with one attached hydrogen (secondary N) is 2. The Morgan fingerprint density at radius 2 is 2.05 bits per heavy atom. The highest BCUT2D eigenvalue weighted by Crippen LogP contribution is 2.00. The molecule has 0 saturated heterocycles. The maximum atomic E-state index is 11.7. The molecule has 1 aromatic rings. The summed E-state index contributed by atoms with van der Waals surface area (Å²) in [5.41, 5.74) is 0.862. The van der Waals surface area contributed by atoms with Gasteiger partial charge in [-0.25, -0.2) is 4.79 Å². The molecule has 3 N–H and O–H groups in total. The molecule has 0 spiro atoms. The fraction of sp³-hybridized carbons (Fsp3) is 0.333. The van der Waals surface area contributed by atoms with E-state index in [0.29, 0.717) is 6.54 Å². The summed E-state index contributed by atoms with van der Waals surface area (Å²) in [5.74, 6) is -1.70. The fourth-order valence-corrected chi connectivity index (χ4v) is 1.36. The fourth-order valence-electron chi connectivity index (χ4n) is 1.36. The molecule has 0 bridgehead atoms. The minimum absolute atomic E-state index is 0.274. The summed E-state index contributed by atoms with van der Waals surface area (Å²) in [6.07, 6.45) is 3.28. The Labute approximate surface area is 115 Å². The van der Waals surface area contributed by atoms with Crippen LogP contribution in [0.2, 0.25) is 0 Å². The predicted molar refractivity (Wildman–Crippen MR) is 69.7 cm³/mol. The summed E-state index contributed by atoms with van der Waals surface area (Å²) in [6.45, 7) is -0.389. The zero-order chi connectivity index (χ0) is 15.0. The Kier molecular flexibility index (Phi) is 5.95. The lowest BCUT2D eigenvalue weighted by Crippen LogP contribution is -2.43. The van der Waals surface area contributed by atoms with Crippen molar-refractivity contribution in [2.24, 2.45) is 0 Å². The van der Waals surface area contributed by atoms with Crippen molar-refractivity contribution in [2.75, 3.05) is 20.1 Å². The second-order valence-corrected chi connectivity index (χ2v) is 4.05. The third-order valence-corrected chi connectivity index (χ3v) is 2.33. The van der Waals surface area contributed by atoms with Gasteiger partial charge in [-0.05, 0) is 11.6 Å². The van der Waals surface area contributed by atoms with E-state index in [1.165, 1.54) is 4.90 Å². The van der Waals surface area contributed by atoms with E-state index in [4.69, 9.17) is 5.11 Å². The van der Waals surface area contributed by atoms with Crippen LogP contribution < -0.4 is 10.6 Å². The molecule has 20 heavy (non-hydrogen) atoms. The predicted octanol–water partition coefficient (Wildman–Crippen LogP) is -0.576. The Hall–Kier alpha value is -2.64. The van der Waals surface area contributed by atoms with Crippen LogP contribution in [0, 0.1) is 0 Å². The van der Waals surface area contributed by atoms with Crippen molar-refractivity contribution in [2.45, 2.75) is 6.54 Å². The molecule has 0 aliphatic rings. The first-order chi connectivity index (χ1) is 9.49. The monoisotopic (exact) mass is 280 g/mol. The third-order valence-electron chi connectivity index (χ3n) is 2.33. The molecule has 0 fully saturated rings. The number of carbonyl (C=O) groups excluding carboxylic acids is 2. The van der Waals surface area contributed by atoms with Crippen LogP contribution >= 0.6 is 0 Å². The van der Waals surface area contributed by atoms with Gasteiger partial charge in [0.15, 0.2) is 0 Å². The van der Waals surface area contributed by atoms with Gasteiger partial charge in [-0.1, -0.05) is 6.07 Å². The number of hydrogen-bond acceptors (Lipinski definition) is 4. The molecule has 0 radical (unpaired) electrons. The van der Waals surface area contributed by atoms with Crippen LogP contribution in [0.25, 0.3) is 0 Å². The van der Waals surface area contributed by atoms with Crippen LogP contribution in [0.5, 0.6) is 0 Å². The number of urea groups is 1. The van der Waals surface area contributed by atoms with Gasteiger partial charge in [-0.15, -0.1) is 0 Å². The number of aromatic nitrogens is 1. The summed E-state index contributed by atoms with van der Waals surface area (Å²) in [5, 5.41) is 12.9. The van der Waals surface area contributed by atoms with E-state index in [2.05, 4.69) is 15.6 Å². The zero-order valence-electron chi connectivity index (χ0n) is 11.0. The Morgan fingerprint density at radius 1 is 1.30 bits per heavy atom. The van der Waals surface area contributed by atoms with Crippen molar-refractivity contribution >= 4 is 17.9 Å². The summed E-state index contributed by atoms with van der Waals surface area (Å²) in [7, 11) is 1.58. The summed E-state index contributed by atoms with van der Waals surface area (Å²) >= 11 is 0. The number of hydrogen-bond donors (Lipinski definition) is 3. The molecule has 108 valence electrons. The maximum Gasteiger partial charge on any atom is 0.322 e. The minimum atomic E-state index is -1.14. The standard InChI is InChI=1S/C12H16N4O4/c1-16(8-9-3-2-4-13-5-9)12(20)15-6-10(17)14-7-11(18)19/h2-5H,6-8H2,1H3,(H,14,17)(H,15,20)(H,18,19). The summed E-state index contributed by atoms with van der Waals surface area (Å²) in [4.78, 5) is 38.5. The van der Waals surface area contributed by atoms with Crippen molar-refractivity contribution in [3.05, 3.63) is 30.1 Å². The highest BCUT2D eigenvalue weighted by Gasteiger charge is 2.11. The van der Waals surface area contributed by atoms with Gasteiger partial charge in [0.25, 0.3) is 0 Å². The van der Waals surface area contributed by atoms with Crippen LogP contribution in [0.3, 0.4) is 0 Å². The number of aliphatic carboxylic acids is 1. The van der Waals surface area contributed by atoms with Crippen molar-refractivity contribution in [3.8, 4) is 0 Å². The van der Waals surface area contributed by atoms with E-state index in [0.717, 1.165) is 5.56 Å². The normalized spacial score (nSPS) is 9.65. The number of pyridine rings is 1. The molecular formula is C12H16N4O4.